The Morgan fingerprint density at radius 1 is 1.67 bits per heavy atom. The van der Waals surface area contributed by atoms with Crippen LogP contribution in [0, 0.1) is 0 Å². The molecule has 2 N–H and O–H groups in total. The highest BCUT2D eigenvalue weighted by Crippen LogP contribution is 1.93. The highest BCUT2D eigenvalue weighted by Gasteiger charge is 2.03. The molecule has 2 heterocycles. The van der Waals surface area contributed by atoms with Gasteiger partial charge in [0.05, 0.1) is 13.1 Å². The zero-order valence-corrected chi connectivity index (χ0v) is 6.58. The molecule has 0 saturated heterocycles. The van der Waals surface area contributed by atoms with Crippen LogP contribution in [0.15, 0.2) is 21.8 Å². The molecule has 0 aliphatic carbocycles. The maximum absolute atomic E-state index is 4.68. The summed E-state index contributed by atoms with van der Waals surface area (Å²) in [6.45, 7) is 2.42. The Labute approximate surface area is 69.8 Å². The third-order valence-electron chi connectivity index (χ3n) is 1.60. The van der Waals surface area contributed by atoms with Gasteiger partial charge in [-0.15, -0.1) is 0 Å². The van der Waals surface area contributed by atoms with E-state index < -0.39 is 0 Å². The van der Waals surface area contributed by atoms with Crippen molar-refractivity contribution in [2.45, 2.75) is 6.54 Å². The van der Waals surface area contributed by atoms with E-state index in [1.54, 1.807) is 6.26 Å². The summed E-state index contributed by atoms with van der Waals surface area (Å²) in [5, 5.41) is 9.96. The average Bonchev–Trinajstić information content (AvgIpc) is 2.74. The van der Waals surface area contributed by atoms with Crippen molar-refractivity contribution in [2.24, 2.45) is 4.99 Å². The standard InChI is InChI=1S/C7H10N4O/c1-4-12-11-6(1)5-10-7-8-2-3-9-7/h1,4H,2-3,5H2,(H2,8,9,10). The van der Waals surface area contributed by atoms with E-state index in [2.05, 4.69) is 25.3 Å². The number of aliphatic imine (C=N–C) groups is 1. The van der Waals surface area contributed by atoms with Crippen molar-refractivity contribution in [3.8, 4) is 0 Å². The van der Waals surface area contributed by atoms with Crippen LogP contribution < -0.4 is 10.6 Å². The van der Waals surface area contributed by atoms with Crippen LogP contribution in [0.25, 0.3) is 0 Å². The number of rotatable bonds is 2. The molecule has 0 spiro atoms. The van der Waals surface area contributed by atoms with Crippen molar-refractivity contribution >= 4 is 5.96 Å². The summed E-state index contributed by atoms with van der Waals surface area (Å²) in [4.78, 5) is 4.17. The van der Waals surface area contributed by atoms with E-state index in [4.69, 9.17) is 0 Å². The Kier molecular flexibility index (Phi) is 1.94. The molecule has 12 heavy (non-hydrogen) atoms. The van der Waals surface area contributed by atoms with Gasteiger partial charge in [0.15, 0.2) is 5.96 Å². The molecule has 1 aliphatic rings. The number of hydrogen-bond acceptors (Lipinski definition) is 5. The topological polar surface area (TPSA) is 62.5 Å². The van der Waals surface area contributed by atoms with E-state index in [9.17, 15) is 0 Å². The lowest BCUT2D eigenvalue weighted by Crippen LogP contribution is -2.33. The Hall–Kier alpha value is -1.52. The molecule has 0 unspecified atom stereocenters. The molecule has 0 saturated carbocycles. The van der Waals surface area contributed by atoms with Gasteiger partial charge in [-0.05, 0) is 0 Å². The first-order chi connectivity index (χ1) is 5.95. The van der Waals surface area contributed by atoms with E-state index in [1.807, 2.05) is 6.07 Å². The summed E-state index contributed by atoms with van der Waals surface area (Å²) in [5.41, 5.74) is 0.881. The number of guanidine groups is 1. The van der Waals surface area contributed by atoms with Gasteiger partial charge < -0.3 is 15.2 Å². The normalized spacial score (nSPS) is 15.5. The monoisotopic (exact) mass is 166 g/mol. The van der Waals surface area contributed by atoms with Gasteiger partial charge in [0.2, 0.25) is 0 Å². The second kappa shape index (κ2) is 3.25. The minimum atomic E-state index is 0.655. The first kappa shape index (κ1) is 7.15. The van der Waals surface area contributed by atoms with Crippen molar-refractivity contribution in [1.82, 2.24) is 15.8 Å². The average molecular weight is 166 g/mol. The first-order valence-electron chi connectivity index (χ1n) is 3.86. The van der Waals surface area contributed by atoms with Crippen LogP contribution >= 0.6 is 0 Å². The van der Waals surface area contributed by atoms with Crippen LogP contribution in [-0.4, -0.2) is 24.2 Å². The third-order valence-corrected chi connectivity index (χ3v) is 1.60. The molecule has 0 radical (unpaired) electrons. The fraction of sp³-hybridized carbons (Fsp3) is 0.429. The lowest BCUT2D eigenvalue weighted by Gasteiger charge is -2.02. The molecular weight excluding hydrogens is 156 g/mol. The van der Waals surface area contributed by atoms with Crippen molar-refractivity contribution in [1.29, 1.82) is 0 Å². The third kappa shape index (κ3) is 1.55. The maximum atomic E-state index is 4.68. The minimum Gasteiger partial charge on any atom is -0.364 e. The highest BCUT2D eigenvalue weighted by molar-refractivity contribution is 5.81. The van der Waals surface area contributed by atoms with Crippen molar-refractivity contribution in [2.75, 3.05) is 13.1 Å². The molecule has 1 aromatic rings. The maximum Gasteiger partial charge on any atom is 0.191 e. The van der Waals surface area contributed by atoms with Gasteiger partial charge in [-0.3, -0.25) is 4.99 Å². The SMILES string of the molecule is c1cc(CNC2=NCCN2)no1. The fourth-order valence-electron chi connectivity index (χ4n) is 1.02. The smallest absolute Gasteiger partial charge is 0.191 e. The molecule has 0 aromatic carbocycles. The second-order valence-electron chi connectivity index (χ2n) is 2.50. The summed E-state index contributed by atoms with van der Waals surface area (Å²) in [6.07, 6.45) is 1.56. The van der Waals surface area contributed by atoms with Crippen molar-refractivity contribution < 1.29 is 4.52 Å². The van der Waals surface area contributed by atoms with Crippen LogP contribution in [0.5, 0.6) is 0 Å². The molecule has 0 fully saturated rings. The summed E-state index contributed by atoms with van der Waals surface area (Å²) in [6, 6.07) is 1.82. The fourth-order valence-corrected chi connectivity index (χ4v) is 1.02. The van der Waals surface area contributed by atoms with Gasteiger partial charge >= 0.3 is 0 Å². The predicted molar refractivity (Wildman–Crippen MR) is 43.6 cm³/mol. The van der Waals surface area contributed by atoms with Gasteiger partial charge in [-0.25, -0.2) is 0 Å². The Balaban J connectivity index is 1.82. The number of aromatic nitrogens is 1. The number of nitrogens with one attached hydrogen (secondary N) is 2. The van der Waals surface area contributed by atoms with Gasteiger partial charge in [0.1, 0.15) is 12.0 Å². The van der Waals surface area contributed by atoms with Gasteiger partial charge in [-0.1, -0.05) is 5.16 Å². The Bertz CT molecular complexity index is 267. The van der Waals surface area contributed by atoms with Crippen LogP contribution in [0.3, 0.4) is 0 Å². The first-order valence-corrected chi connectivity index (χ1v) is 3.86. The van der Waals surface area contributed by atoms with Crippen LogP contribution in [-0.2, 0) is 6.54 Å². The summed E-state index contributed by atoms with van der Waals surface area (Å²) in [5.74, 6) is 0.845. The van der Waals surface area contributed by atoms with Gasteiger partial charge in [0.25, 0.3) is 0 Å². The van der Waals surface area contributed by atoms with Crippen LogP contribution in [0.4, 0.5) is 0 Å². The second-order valence-corrected chi connectivity index (χ2v) is 2.50. The lowest BCUT2D eigenvalue weighted by molar-refractivity contribution is 0.410. The van der Waals surface area contributed by atoms with Crippen molar-refractivity contribution in [3.05, 3.63) is 18.0 Å². The molecule has 1 aliphatic heterocycles. The summed E-state index contributed by atoms with van der Waals surface area (Å²) < 4.78 is 4.68. The largest absolute Gasteiger partial charge is 0.364 e. The Morgan fingerprint density at radius 2 is 2.67 bits per heavy atom. The molecule has 2 rings (SSSR count). The summed E-state index contributed by atoms with van der Waals surface area (Å²) >= 11 is 0. The quantitative estimate of drug-likeness (QED) is 0.634. The van der Waals surface area contributed by atoms with Gasteiger partial charge in [-0.2, -0.15) is 0 Å². The predicted octanol–water partition coefficient (Wildman–Crippen LogP) is -0.277. The molecular formula is C7H10N4O. The summed E-state index contributed by atoms with van der Waals surface area (Å²) in [7, 11) is 0. The molecule has 0 amide bonds. The molecule has 0 bridgehead atoms. The van der Waals surface area contributed by atoms with Crippen molar-refractivity contribution in [3.63, 3.8) is 0 Å². The molecule has 0 atom stereocenters. The lowest BCUT2D eigenvalue weighted by atomic mass is 10.4. The highest BCUT2D eigenvalue weighted by atomic mass is 16.5. The van der Waals surface area contributed by atoms with E-state index in [0.29, 0.717) is 6.54 Å². The molecule has 64 valence electrons. The van der Waals surface area contributed by atoms with E-state index in [0.717, 1.165) is 24.7 Å². The zero-order chi connectivity index (χ0) is 8.23. The Morgan fingerprint density at radius 3 is 3.33 bits per heavy atom. The number of nitrogens with zero attached hydrogens (tertiary/aromatic N) is 2. The minimum absolute atomic E-state index is 0.655. The zero-order valence-electron chi connectivity index (χ0n) is 6.58. The van der Waals surface area contributed by atoms with Gasteiger partial charge in [0, 0.05) is 12.6 Å². The molecule has 5 heteroatoms. The van der Waals surface area contributed by atoms with E-state index >= 15 is 0 Å². The number of hydrogen-bond donors (Lipinski definition) is 2. The molecule has 1 aromatic heterocycles. The van der Waals surface area contributed by atoms with E-state index in [-0.39, 0.29) is 0 Å². The molecule has 5 nitrogen and oxygen atoms in total. The van der Waals surface area contributed by atoms with Crippen LogP contribution in [0.1, 0.15) is 5.69 Å². The van der Waals surface area contributed by atoms with E-state index in [1.165, 1.54) is 0 Å². The van der Waals surface area contributed by atoms with Crippen LogP contribution in [0.2, 0.25) is 0 Å².